The fraction of sp³-hybridized carbons (Fsp3) is 0.385. The number of sulfonamides is 1. The van der Waals surface area contributed by atoms with Crippen LogP contribution >= 0.6 is 15.9 Å². The molecule has 1 aromatic rings. The lowest BCUT2D eigenvalue weighted by Crippen LogP contribution is -2.48. The number of benzene rings is 1. The summed E-state index contributed by atoms with van der Waals surface area (Å²) in [7, 11) is -6.75. The molecule has 0 radical (unpaired) electrons. The van der Waals surface area contributed by atoms with Crippen molar-refractivity contribution in [3.63, 3.8) is 0 Å². The number of hydrogen-bond acceptors (Lipinski definition) is 4. The zero-order chi connectivity index (χ0) is 15.7. The van der Waals surface area contributed by atoms with Gasteiger partial charge in [0, 0.05) is 22.5 Å². The van der Waals surface area contributed by atoms with Crippen LogP contribution in [0.3, 0.4) is 0 Å². The second kappa shape index (κ2) is 6.20. The van der Waals surface area contributed by atoms with Gasteiger partial charge in [0.1, 0.15) is 0 Å². The highest BCUT2D eigenvalue weighted by atomic mass is 79.9. The number of halogens is 1. The molecule has 1 saturated heterocycles. The largest absolute Gasteiger partial charge is 0.236 e. The molecule has 1 atom stereocenters. The Hall–Kier alpha value is -0.700. The molecule has 116 valence electrons. The monoisotopic (exact) mass is 393 g/mol. The van der Waals surface area contributed by atoms with E-state index in [0.29, 0.717) is 0 Å². The summed E-state index contributed by atoms with van der Waals surface area (Å²) in [5, 5.41) is 1.13. The first-order valence-electron chi connectivity index (χ1n) is 6.35. The number of rotatable bonds is 3. The predicted molar refractivity (Wildman–Crippen MR) is 86.9 cm³/mol. The maximum Gasteiger partial charge on any atom is 0.236 e. The molecule has 2 rings (SSSR count). The third-order valence-corrected chi connectivity index (χ3v) is 7.18. The summed E-state index contributed by atoms with van der Waals surface area (Å²) in [6, 6.07) is 6.72. The molecule has 0 aromatic heterocycles. The third kappa shape index (κ3) is 4.38. The molecule has 1 heterocycles. The van der Waals surface area contributed by atoms with Crippen LogP contribution in [0, 0.1) is 0 Å². The first kappa shape index (κ1) is 16.7. The molecular weight excluding hydrogens is 378 g/mol. The van der Waals surface area contributed by atoms with Crippen molar-refractivity contribution in [2.75, 3.05) is 18.1 Å². The van der Waals surface area contributed by atoms with E-state index in [1.807, 2.05) is 12.1 Å². The van der Waals surface area contributed by atoms with E-state index in [2.05, 4.69) is 15.9 Å². The maximum absolute atomic E-state index is 12.3. The fourth-order valence-electron chi connectivity index (χ4n) is 2.21. The summed E-state index contributed by atoms with van der Waals surface area (Å²) >= 11 is 3.32. The molecule has 5 nitrogen and oxygen atoms in total. The lowest BCUT2D eigenvalue weighted by atomic mass is 10.2. The Morgan fingerprint density at radius 1 is 1.38 bits per heavy atom. The molecule has 1 aromatic carbocycles. The molecule has 0 bridgehead atoms. The van der Waals surface area contributed by atoms with Crippen molar-refractivity contribution in [1.82, 2.24) is 4.31 Å². The van der Waals surface area contributed by atoms with Gasteiger partial charge in [-0.25, -0.2) is 16.8 Å². The molecule has 1 fully saturated rings. The standard InChI is InChI=1S/C13H16BrNO4S2/c1-11-10-20(16,17)8-6-15(11)21(18,19)7-5-12-3-2-4-13(14)9-12/h2-5,7,9,11H,6,8,10H2,1H3/b7-5+. The van der Waals surface area contributed by atoms with Gasteiger partial charge in [0.2, 0.25) is 10.0 Å². The second-order valence-electron chi connectivity index (χ2n) is 4.98. The van der Waals surface area contributed by atoms with Crippen LogP contribution in [0.25, 0.3) is 6.08 Å². The SMILES string of the molecule is CC1CS(=O)(=O)CCN1S(=O)(=O)/C=C/c1cccc(Br)c1. The minimum Gasteiger partial charge on any atom is -0.229 e. The maximum atomic E-state index is 12.3. The van der Waals surface area contributed by atoms with Crippen LogP contribution < -0.4 is 0 Å². The summed E-state index contributed by atoms with van der Waals surface area (Å²) < 4.78 is 49.7. The van der Waals surface area contributed by atoms with Crippen LogP contribution in [0.1, 0.15) is 12.5 Å². The van der Waals surface area contributed by atoms with Crippen molar-refractivity contribution < 1.29 is 16.8 Å². The molecule has 0 aliphatic carbocycles. The average Bonchev–Trinajstić information content (AvgIpc) is 2.35. The van der Waals surface area contributed by atoms with Crippen LogP contribution in [0.5, 0.6) is 0 Å². The van der Waals surface area contributed by atoms with E-state index in [9.17, 15) is 16.8 Å². The van der Waals surface area contributed by atoms with E-state index in [-0.39, 0.29) is 18.1 Å². The van der Waals surface area contributed by atoms with Gasteiger partial charge in [0.15, 0.2) is 9.84 Å². The Morgan fingerprint density at radius 2 is 2.10 bits per heavy atom. The molecule has 0 N–H and O–H groups in total. The van der Waals surface area contributed by atoms with E-state index < -0.39 is 25.9 Å². The molecule has 1 aliphatic rings. The van der Waals surface area contributed by atoms with E-state index >= 15 is 0 Å². The van der Waals surface area contributed by atoms with Crippen molar-refractivity contribution in [2.45, 2.75) is 13.0 Å². The Labute approximate surface area is 133 Å². The summed E-state index contributed by atoms with van der Waals surface area (Å²) in [5.41, 5.74) is 0.755. The highest BCUT2D eigenvalue weighted by molar-refractivity contribution is 9.10. The number of nitrogens with zero attached hydrogens (tertiary/aromatic N) is 1. The van der Waals surface area contributed by atoms with Crippen LogP contribution in [0.4, 0.5) is 0 Å². The molecule has 0 saturated carbocycles. The zero-order valence-electron chi connectivity index (χ0n) is 11.4. The molecule has 21 heavy (non-hydrogen) atoms. The van der Waals surface area contributed by atoms with E-state index in [1.165, 1.54) is 10.4 Å². The van der Waals surface area contributed by atoms with Gasteiger partial charge in [-0.05, 0) is 30.7 Å². The Balaban J connectivity index is 2.19. The minimum absolute atomic E-state index is 0.00859. The minimum atomic E-state index is -3.62. The molecular formula is C13H16BrNO4S2. The normalized spacial score (nSPS) is 23.4. The van der Waals surface area contributed by atoms with Gasteiger partial charge in [-0.1, -0.05) is 28.1 Å². The smallest absolute Gasteiger partial charge is 0.229 e. The van der Waals surface area contributed by atoms with Gasteiger partial charge in [-0.15, -0.1) is 0 Å². The van der Waals surface area contributed by atoms with E-state index in [1.54, 1.807) is 19.1 Å². The average molecular weight is 394 g/mol. The first-order chi connectivity index (χ1) is 9.70. The van der Waals surface area contributed by atoms with Crippen molar-refractivity contribution >= 4 is 41.9 Å². The molecule has 8 heteroatoms. The van der Waals surface area contributed by atoms with Crippen molar-refractivity contribution in [2.24, 2.45) is 0 Å². The predicted octanol–water partition coefficient (Wildman–Crippen LogP) is 1.87. The fourth-order valence-corrected chi connectivity index (χ4v) is 5.81. The second-order valence-corrected chi connectivity index (χ2v) is 9.89. The van der Waals surface area contributed by atoms with Crippen molar-refractivity contribution in [3.8, 4) is 0 Å². The summed E-state index contributed by atoms with van der Waals surface area (Å²) in [6.07, 6.45) is 1.51. The highest BCUT2D eigenvalue weighted by Crippen LogP contribution is 2.18. The molecule has 0 amide bonds. The first-order valence-corrected chi connectivity index (χ1v) is 10.5. The highest BCUT2D eigenvalue weighted by Gasteiger charge is 2.34. The summed E-state index contributed by atoms with van der Waals surface area (Å²) in [6.45, 7) is 1.62. The van der Waals surface area contributed by atoms with Crippen molar-refractivity contribution in [3.05, 3.63) is 39.7 Å². The van der Waals surface area contributed by atoms with Gasteiger partial charge >= 0.3 is 0 Å². The van der Waals surface area contributed by atoms with Crippen LogP contribution in [0.15, 0.2) is 34.1 Å². The van der Waals surface area contributed by atoms with Gasteiger partial charge in [0.05, 0.1) is 11.5 Å². The Morgan fingerprint density at radius 3 is 2.71 bits per heavy atom. The summed E-state index contributed by atoms with van der Waals surface area (Å²) in [5.74, 6) is -0.252. The topological polar surface area (TPSA) is 71.5 Å². The lowest BCUT2D eigenvalue weighted by Gasteiger charge is -2.30. The Kier molecular flexibility index (Phi) is 4.92. The van der Waals surface area contributed by atoms with Gasteiger partial charge in [-0.2, -0.15) is 4.31 Å². The zero-order valence-corrected chi connectivity index (χ0v) is 14.7. The lowest BCUT2D eigenvalue weighted by molar-refractivity contribution is 0.361. The number of sulfone groups is 1. The van der Waals surface area contributed by atoms with Crippen LogP contribution in [-0.4, -0.2) is 45.2 Å². The molecule has 0 spiro atoms. The number of hydrogen-bond donors (Lipinski definition) is 0. The third-order valence-electron chi connectivity index (χ3n) is 3.22. The summed E-state index contributed by atoms with van der Waals surface area (Å²) in [4.78, 5) is 0. The quantitative estimate of drug-likeness (QED) is 0.785. The van der Waals surface area contributed by atoms with Crippen LogP contribution in [0.2, 0.25) is 0 Å². The Bertz CT molecular complexity index is 756. The van der Waals surface area contributed by atoms with Gasteiger partial charge < -0.3 is 0 Å². The van der Waals surface area contributed by atoms with Gasteiger partial charge in [0.25, 0.3) is 0 Å². The molecule has 1 aliphatic heterocycles. The van der Waals surface area contributed by atoms with Crippen LogP contribution in [-0.2, 0) is 19.9 Å². The van der Waals surface area contributed by atoms with Gasteiger partial charge in [-0.3, -0.25) is 0 Å². The molecule has 1 unspecified atom stereocenters. The van der Waals surface area contributed by atoms with Crippen molar-refractivity contribution in [1.29, 1.82) is 0 Å². The van der Waals surface area contributed by atoms with E-state index in [0.717, 1.165) is 15.4 Å². The van der Waals surface area contributed by atoms with E-state index in [4.69, 9.17) is 0 Å².